The molecule has 0 aliphatic heterocycles. The molecular formula is C9H15N3O2. The number of nitrogens with one attached hydrogen (secondary N) is 2. The number of hydrogen-bond donors (Lipinski definition) is 2. The Hall–Kier alpha value is -1.52. The van der Waals surface area contributed by atoms with Gasteiger partial charge in [-0.1, -0.05) is 0 Å². The maximum atomic E-state index is 11.3. The van der Waals surface area contributed by atoms with Gasteiger partial charge in [0.25, 0.3) is 0 Å². The molecule has 0 aliphatic carbocycles. The summed E-state index contributed by atoms with van der Waals surface area (Å²) in [7, 11) is 0. The second-order valence-electron chi connectivity index (χ2n) is 4.04. The quantitative estimate of drug-likeness (QED) is 0.750. The van der Waals surface area contributed by atoms with Crippen LogP contribution in [-0.2, 0) is 6.54 Å². The maximum Gasteiger partial charge on any atom is 0.315 e. The van der Waals surface area contributed by atoms with E-state index in [1.165, 1.54) is 12.7 Å². The summed E-state index contributed by atoms with van der Waals surface area (Å²) in [6.07, 6.45) is 2.83. The van der Waals surface area contributed by atoms with Gasteiger partial charge in [-0.3, -0.25) is 0 Å². The minimum Gasteiger partial charge on any atom is -0.451 e. The predicted octanol–water partition coefficient (Wildman–Crippen LogP) is 1.27. The van der Waals surface area contributed by atoms with Crippen LogP contribution >= 0.6 is 0 Å². The summed E-state index contributed by atoms with van der Waals surface area (Å²) in [4.78, 5) is 15.1. The molecule has 0 aliphatic rings. The lowest BCUT2D eigenvalue weighted by Crippen LogP contribution is -2.46. The maximum absolute atomic E-state index is 11.3. The number of aromatic nitrogens is 1. The number of carbonyl (C=O) groups is 1. The van der Waals surface area contributed by atoms with Crippen LogP contribution in [0, 0.1) is 0 Å². The Morgan fingerprint density at radius 1 is 1.57 bits per heavy atom. The molecule has 78 valence electrons. The standard InChI is InChI=1S/C9H15N3O2/c1-9(2,3)12-8(13)10-4-7-5-14-6-11-7/h5-6H,4H2,1-3H3,(H2,10,12,13). The highest BCUT2D eigenvalue weighted by atomic mass is 16.3. The summed E-state index contributed by atoms with van der Waals surface area (Å²) in [6.45, 7) is 6.13. The van der Waals surface area contributed by atoms with E-state index in [-0.39, 0.29) is 11.6 Å². The molecule has 1 aromatic heterocycles. The lowest BCUT2D eigenvalue weighted by atomic mass is 10.1. The van der Waals surface area contributed by atoms with Crippen LogP contribution in [0.2, 0.25) is 0 Å². The molecule has 0 aromatic carbocycles. The first-order valence-corrected chi connectivity index (χ1v) is 4.40. The number of amides is 2. The topological polar surface area (TPSA) is 67.2 Å². The fourth-order valence-corrected chi connectivity index (χ4v) is 0.880. The van der Waals surface area contributed by atoms with Gasteiger partial charge < -0.3 is 15.1 Å². The third-order valence-corrected chi connectivity index (χ3v) is 1.40. The van der Waals surface area contributed by atoms with E-state index in [4.69, 9.17) is 4.42 Å². The molecule has 5 nitrogen and oxygen atoms in total. The zero-order valence-corrected chi connectivity index (χ0v) is 8.63. The molecule has 0 radical (unpaired) electrons. The SMILES string of the molecule is CC(C)(C)NC(=O)NCc1cocn1. The number of nitrogens with zero attached hydrogens (tertiary/aromatic N) is 1. The number of rotatable bonds is 2. The normalized spacial score (nSPS) is 11.1. The highest BCUT2D eigenvalue weighted by Crippen LogP contribution is 1.98. The highest BCUT2D eigenvalue weighted by molar-refractivity contribution is 5.74. The van der Waals surface area contributed by atoms with Gasteiger partial charge in [0.15, 0.2) is 6.39 Å². The third-order valence-electron chi connectivity index (χ3n) is 1.40. The third kappa shape index (κ3) is 3.93. The summed E-state index contributed by atoms with van der Waals surface area (Å²) >= 11 is 0. The molecule has 14 heavy (non-hydrogen) atoms. The van der Waals surface area contributed by atoms with Crippen LogP contribution < -0.4 is 10.6 Å². The Kier molecular flexibility index (Phi) is 3.11. The number of carbonyl (C=O) groups excluding carboxylic acids is 1. The van der Waals surface area contributed by atoms with Crippen molar-refractivity contribution in [3.8, 4) is 0 Å². The van der Waals surface area contributed by atoms with E-state index in [9.17, 15) is 4.79 Å². The Bertz CT molecular complexity index is 288. The van der Waals surface area contributed by atoms with Crippen LogP contribution in [-0.4, -0.2) is 16.6 Å². The lowest BCUT2D eigenvalue weighted by molar-refractivity contribution is 0.231. The molecular weight excluding hydrogens is 182 g/mol. The molecule has 0 bridgehead atoms. The monoisotopic (exact) mass is 197 g/mol. The number of oxazole rings is 1. The zero-order chi connectivity index (χ0) is 10.6. The van der Waals surface area contributed by atoms with E-state index < -0.39 is 0 Å². The lowest BCUT2D eigenvalue weighted by Gasteiger charge is -2.20. The van der Waals surface area contributed by atoms with Crippen molar-refractivity contribution >= 4 is 6.03 Å². The molecule has 0 unspecified atom stereocenters. The van der Waals surface area contributed by atoms with E-state index in [1.807, 2.05) is 20.8 Å². The van der Waals surface area contributed by atoms with Gasteiger partial charge in [0.1, 0.15) is 6.26 Å². The molecule has 1 rings (SSSR count). The summed E-state index contributed by atoms with van der Waals surface area (Å²) in [5.41, 5.74) is 0.475. The van der Waals surface area contributed by atoms with Crippen molar-refractivity contribution in [1.82, 2.24) is 15.6 Å². The molecule has 1 aromatic rings. The molecule has 0 fully saturated rings. The Balaban J connectivity index is 2.29. The van der Waals surface area contributed by atoms with Crippen molar-refractivity contribution in [3.05, 3.63) is 18.4 Å². The Morgan fingerprint density at radius 3 is 2.79 bits per heavy atom. The van der Waals surface area contributed by atoms with Crippen molar-refractivity contribution in [2.75, 3.05) is 0 Å². The number of hydrogen-bond acceptors (Lipinski definition) is 3. The summed E-state index contributed by atoms with van der Waals surface area (Å²) < 4.78 is 4.76. The zero-order valence-electron chi connectivity index (χ0n) is 8.63. The average molecular weight is 197 g/mol. The molecule has 2 amide bonds. The van der Waals surface area contributed by atoms with Crippen molar-refractivity contribution < 1.29 is 9.21 Å². The van der Waals surface area contributed by atoms with Crippen molar-refractivity contribution in [2.45, 2.75) is 32.9 Å². The van der Waals surface area contributed by atoms with Gasteiger partial charge in [-0.15, -0.1) is 0 Å². The summed E-state index contributed by atoms with van der Waals surface area (Å²) in [5, 5.41) is 5.44. The van der Waals surface area contributed by atoms with Gasteiger partial charge in [0, 0.05) is 5.54 Å². The van der Waals surface area contributed by atoms with Crippen LogP contribution in [0.15, 0.2) is 17.1 Å². The van der Waals surface area contributed by atoms with Crippen LogP contribution in [0.1, 0.15) is 26.5 Å². The first-order chi connectivity index (χ1) is 6.47. The van der Waals surface area contributed by atoms with Gasteiger partial charge in [-0.05, 0) is 20.8 Å². The van der Waals surface area contributed by atoms with E-state index in [1.54, 1.807) is 0 Å². The molecule has 0 saturated carbocycles. The van der Waals surface area contributed by atoms with Crippen LogP contribution in [0.25, 0.3) is 0 Å². The minimum atomic E-state index is -0.228. The van der Waals surface area contributed by atoms with Crippen LogP contribution in [0.4, 0.5) is 4.79 Å². The van der Waals surface area contributed by atoms with Crippen molar-refractivity contribution in [3.63, 3.8) is 0 Å². The van der Waals surface area contributed by atoms with Gasteiger partial charge in [-0.2, -0.15) is 0 Å². The van der Waals surface area contributed by atoms with Crippen molar-refractivity contribution in [1.29, 1.82) is 0 Å². The second-order valence-corrected chi connectivity index (χ2v) is 4.04. The fourth-order valence-electron chi connectivity index (χ4n) is 0.880. The van der Waals surface area contributed by atoms with Crippen molar-refractivity contribution in [2.24, 2.45) is 0 Å². The minimum absolute atomic E-state index is 0.208. The van der Waals surface area contributed by atoms with Gasteiger partial charge >= 0.3 is 6.03 Å². The molecule has 1 heterocycles. The van der Waals surface area contributed by atoms with Gasteiger partial charge in [-0.25, -0.2) is 9.78 Å². The van der Waals surface area contributed by atoms with Crippen LogP contribution in [0.3, 0.4) is 0 Å². The summed E-state index contributed by atoms with van der Waals surface area (Å²) in [6, 6.07) is -0.208. The Morgan fingerprint density at radius 2 is 2.29 bits per heavy atom. The second kappa shape index (κ2) is 4.13. The van der Waals surface area contributed by atoms with E-state index in [2.05, 4.69) is 15.6 Å². The molecule has 0 spiro atoms. The predicted molar refractivity (Wildman–Crippen MR) is 51.6 cm³/mol. The molecule has 0 atom stereocenters. The smallest absolute Gasteiger partial charge is 0.315 e. The highest BCUT2D eigenvalue weighted by Gasteiger charge is 2.12. The molecule has 2 N–H and O–H groups in total. The molecule has 5 heteroatoms. The first kappa shape index (κ1) is 10.6. The first-order valence-electron chi connectivity index (χ1n) is 4.40. The largest absolute Gasteiger partial charge is 0.451 e. The fraction of sp³-hybridized carbons (Fsp3) is 0.556. The van der Waals surface area contributed by atoms with Gasteiger partial charge in [0.2, 0.25) is 0 Å². The Labute approximate surface area is 82.9 Å². The van der Waals surface area contributed by atoms with E-state index in [0.717, 1.165) is 0 Å². The summed E-state index contributed by atoms with van der Waals surface area (Å²) in [5.74, 6) is 0. The van der Waals surface area contributed by atoms with Gasteiger partial charge in [0.05, 0.1) is 12.2 Å². The number of urea groups is 1. The van der Waals surface area contributed by atoms with E-state index >= 15 is 0 Å². The van der Waals surface area contributed by atoms with Crippen LogP contribution in [0.5, 0.6) is 0 Å². The average Bonchev–Trinajstić information content (AvgIpc) is 2.49. The van der Waals surface area contributed by atoms with E-state index in [0.29, 0.717) is 12.2 Å². The molecule has 0 saturated heterocycles.